The predicted molar refractivity (Wildman–Crippen MR) is 136 cm³/mol. The molecule has 182 valence electrons. The molecule has 0 aromatic heterocycles. The molecule has 0 spiro atoms. The summed E-state index contributed by atoms with van der Waals surface area (Å²) in [7, 11) is 3.01. The van der Waals surface area contributed by atoms with E-state index in [1.165, 1.54) is 20.4 Å². The zero-order valence-electron chi connectivity index (χ0n) is 19.8. The van der Waals surface area contributed by atoms with Crippen molar-refractivity contribution < 1.29 is 28.5 Å². The van der Waals surface area contributed by atoms with Gasteiger partial charge in [0.2, 0.25) is 0 Å². The number of amides is 1. The summed E-state index contributed by atoms with van der Waals surface area (Å²) in [5, 5.41) is 5.92. The molecule has 0 aliphatic carbocycles. The third-order valence-corrected chi connectivity index (χ3v) is 5.22. The van der Waals surface area contributed by atoms with Crippen LogP contribution in [0.2, 0.25) is 0 Å². The normalized spacial score (nSPS) is 10.7. The molecule has 8 nitrogen and oxygen atoms in total. The van der Waals surface area contributed by atoms with Crippen molar-refractivity contribution in [1.82, 2.24) is 5.43 Å². The van der Waals surface area contributed by atoms with E-state index in [2.05, 4.69) is 10.5 Å². The van der Waals surface area contributed by atoms with Crippen molar-refractivity contribution in [3.63, 3.8) is 0 Å². The van der Waals surface area contributed by atoms with Gasteiger partial charge in [-0.3, -0.25) is 4.79 Å². The van der Waals surface area contributed by atoms with Crippen LogP contribution in [0.5, 0.6) is 23.0 Å². The van der Waals surface area contributed by atoms with Crippen LogP contribution in [0.3, 0.4) is 0 Å². The van der Waals surface area contributed by atoms with Crippen LogP contribution >= 0.6 is 0 Å². The second-order valence-corrected chi connectivity index (χ2v) is 7.59. The van der Waals surface area contributed by atoms with E-state index in [-0.39, 0.29) is 12.5 Å². The lowest BCUT2D eigenvalue weighted by atomic mass is 10.1. The lowest BCUT2D eigenvalue weighted by Crippen LogP contribution is -2.24. The highest BCUT2D eigenvalue weighted by molar-refractivity contribution is 5.92. The van der Waals surface area contributed by atoms with Gasteiger partial charge in [0, 0.05) is 5.39 Å². The summed E-state index contributed by atoms with van der Waals surface area (Å²) in [6.45, 7) is -0.170. The molecule has 0 saturated carbocycles. The molecule has 4 aromatic rings. The van der Waals surface area contributed by atoms with Crippen molar-refractivity contribution in [2.45, 2.75) is 0 Å². The van der Waals surface area contributed by atoms with E-state index < -0.39 is 5.97 Å². The Kier molecular flexibility index (Phi) is 7.77. The van der Waals surface area contributed by atoms with Gasteiger partial charge in [-0.15, -0.1) is 0 Å². The number of rotatable bonds is 9. The third kappa shape index (κ3) is 5.98. The summed E-state index contributed by atoms with van der Waals surface area (Å²) in [6, 6.07) is 24.9. The fourth-order valence-electron chi connectivity index (χ4n) is 3.43. The van der Waals surface area contributed by atoms with Crippen LogP contribution in [0.1, 0.15) is 15.9 Å². The molecule has 0 fully saturated rings. The molecule has 4 aromatic carbocycles. The number of hydrogen-bond donors (Lipinski definition) is 1. The molecular weight excluding hydrogens is 460 g/mol. The first-order chi connectivity index (χ1) is 17.6. The van der Waals surface area contributed by atoms with Gasteiger partial charge < -0.3 is 18.9 Å². The Labute approximate surface area is 208 Å². The molecule has 0 radical (unpaired) electrons. The van der Waals surface area contributed by atoms with Crippen LogP contribution < -0.4 is 24.4 Å². The number of carbonyl (C=O) groups is 2. The lowest BCUT2D eigenvalue weighted by molar-refractivity contribution is -0.123. The molecule has 0 saturated heterocycles. The number of nitrogens with zero attached hydrogens (tertiary/aromatic N) is 1. The van der Waals surface area contributed by atoms with Crippen molar-refractivity contribution in [1.29, 1.82) is 0 Å². The topological polar surface area (TPSA) is 95.5 Å². The molecule has 0 atom stereocenters. The van der Waals surface area contributed by atoms with E-state index in [0.717, 1.165) is 10.8 Å². The second-order valence-electron chi connectivity index (χ2n) is 7.59. The third-order valence-electron chi connectivity index (χ3n) is 5.22. The van der Waals surface area contributed by atoms with Gasteiger partial charge in [-0.1, -0.05) is 36.4 Å². The van der Waals surface area contributed by atoms with E-state index in [1.807, 2.05) is 42.5 Å². The van der Waals surface area contributed by atoms with Crippen molar-refractivity contribution in [2.75, 3.05) is 20.8 Å². The molecule has 1 N–H and O–H groups in total. The number of hydrogen-bond acceptors (Lipinski definition) is 7. The highest BCUT2D eigenvalue weighted by Gasteiger charge is 2.13. The van der Waals surface area contributed by atoms with Gasteiger partial charge in [0.25, 0.3) is 5.91 Å². The van der Waals surface area contributed by atoms with Gasteiger partial charge in [0.1, 0.15) is 11.5 Å². The van der Waals surface area contributed by atoms with E-state index in [9.17, 15) is 9.59 Å². The molecule has 1 amide bonds. The number of nitrogens with one attached hydrogen (secondary N) is 1. The maximum atomic E-state index is 12.4. The fourth-order valence-corrected chi connectivity index (χ4v) is 3.43. The highest BCUT2D eigenvalue weighted by Crippen LogP contribution is 2.28. The maximum Gasteiger partial charge on any atom is 0.343 e. The van der Waals surface area contributed by atoms with Crippen LogP contribution in [0.25, 0.3) is 10.8 Å². The van der Waals surface area contributed by atoms with Gasteiger partial charge in [-0.2, -0.15) is 5.10 Å². The van der Waals surface area contributed by atoms with Crippen molar-refractivity contribution in [3.05, 3.63) is 96.1 Å². The van der Waals surface area contributed by atoms with E-state index in [1.54, 1.807) is 42.5 Å². The summed E-state index contributed by atoms with van der Waals surface area (Å²) in [4.78, 5) is 24.6. The number of fused-ring (bicyclic) bond motifs is 1. The zero-order valence-corrected chi connectivity index (χ0v) is 19.8. The Balaban J connectivity index is 1.28. The quantitative estimate of drug-likeness (QED) is 0.161. The molecule has 0 heterocycles. The van der Waals surface area contributed by atoms with Gasteiger partial charge >= 0.3 is 5.97 Å². The van der Waals surface area contributed by atoms with Gasteiger partial charge in [0.15, 0.2) is 18.1 Å². The molecule has 36 heavy (non-hydrogen) atoms. The van der Waals surface area contributed by atoms with E-state index in [4.69, 9.17) is 18.9 Å². The molecular formula is C28H24N2O6. The Hall–Kier alpha value is -4.85. The second kappa shape index (κ2) is 11.5. The average molecular weight is 485 g/mol. The molecule has 0 bridgehead atoms. The monoisotopic (exact) mass is 484 g/mol. The van der Waals surface area contributed by atoms with Crippen molar-refractivity contribution in [2.24, 2.45) is 5.10 Å². The van der Waals surface area contributed by atoms with Crippen molar-refractivity contribution >= 4 is 28.9 Å². The molecule has 0 unspecified atom stereocenters. The smallest absolute Gasteiger partial charge is 0.343 e. The molecule has 0 aliphatic rings. The van der Waals surface area contributed by atoms with Crippen LogP contribution in [0, 0.1) is 0 Å². The minimum Gasteiger partial charge on any atom is -0.493 e. The first-order valence-corrected chi connectivity index (χ1v) is 11.0. The minimum atomic E-state index is -0.532. The minimum absolute atomic E-state index is 0.170. The Morgan fingerprint density at radius 1 is 0.833 bits per heavy atom. The fraction of sp³-hybridized carbons (Fsp3) is 0.107. The van der Waals surface area contributed by atoms with Gasteiger partial charge in [0.05, 0.1) is 26.0 Å². The summed E-state index contributed by atoms with van der Waals surface area (Å²) in [5.74, 6) is 1.02. The van der Waals surface area contributed by atoms with Crippen LogP contribution in [0.4, 0.5) is 0 Å². The van der Waals surface area contributed by atoms with Crippen molar-refractivity contribution in [3.8, 4) is 23.0 Å². The lowest BCUT2D eigenvalue weighted by Gasteiger charge is -2.09. The Morgan fingerprint density at radius 2 is 1.58 bits per heavy atom. The molecule has 0 aliphatic heterocycles. The van der Waals surface area contributed by atoms with Gasteiger partial charge in [-0.25, -0.2) is 10.2 Å². The predicted octanol–water partition coefficient (Wildman–Crippen LogP) is 4.61. The van der Waals surface area contributed by atoms with E-state index >= 15 is 0 Å². The van der Waals surface area contributed by atoms with Crippen LogP contribution in [0.15, 0.2) is 90.0 Å². The zero-order chi connectivity index (χ0) is 25.3. The largest absolute Gasteiger partial charge is 0.493 e. The Morgan fingerprint density at radius 3 is 2.36 bits per heavy atom. The first-order valence-electron chi connectivity index (χ1n) is 11.0. The van der Waals surface area contributed by atoms with Crippen LogP contribution in [-0.2, 0) is 4.79 Å². The number of carbonyl (C=O) groups excluding carboxylic acids is 2. The molecule has 4 rings (SSSR count). The highest BCUT2D eigenvalue weighted by atomic mass is 16.5. The Bertz CT molecular complexity index is 1390. The number of benzene rings is 4. The summed E-state index contributed by atoms with van der Waals surface area (Å²) < 4.78 is 21.5. The number of hydrazone groups is 1. The van der Waals surface area contributed by atoms with Crippen LogP contribution in [-0.4, -0.2) is 38.9 Å². The SMILES string of the molecule is COc1ccc(C(=O)Oc2ccc(C=NNC(=O)COc3cccc4ccccc34)cc2)cc1OC. The molecule has 8 heteroatoms. The number of methoxy groups -OCH3 is 2. The average Bonchev–Trinajstić information content (AvgIpc) is 2.92. The first kappa shape index (κ1) is 24.3. The summed E-state index contributed by atoms with van der Waals surface area (Å²) in [6.07, 6.45) is 1.48. The summed E-state index contributed by atoms with van der Waals surface area (Å²) in [5.41, 5.74) is 3.47. The number of ether oxygens (including phenoxy) is 4. The van der Waals surface area contributed by atoms with Gasteiger partial charge in [-0.05, 0) is 59.5 Å². The summed E-state index contributed by atoms with van der Waals surface area (Å²) >= 11 is 0. The van der Waals surface area contributed by atoms with E-state index in [0.29, 0.717) is 34.1 Å². The number of esters is 1. The maximum absolute atomic E-state index is 12.4. The standard InChI is InChI=1S/C28H24N2O6/c1-33-25-15-12-21(16-26(25)34-2)28(32)36-22-13-10-19(11-14-22)17-29-30-27(31)18-35-24-9-5-7-20-6-3-4-8-23(20)24/h3-17H,18H2,1-2H3,(H,30,31).